The number of aromatic nitrogens is 2. The molecule has 1 N–H and O–H groups in total. The van der Waals surface area contributed by atoms with E-state index in [0.717, 1.165) is 11.1 Å². The van der Waals surface area contributed by atoms with Crippen molar-refractivity contribution in [3.63, 3.8) is 0 Å². The second kappa shape index (κ2) is 7.35. The highest BCUT2D eigenvalue weighted by molar-refractivity contribution is 6.10. The summed E-state index contributed by atoms with van der Waals surface area (Å²) in [6.45, 7) is 7.87. The number of amides is 1. The first kappa shape index (κ1) is 22.0. The number of H-pyrrole nitrogens is 1. The number of benzene rings is 1. The molecule has 0 spiro atoms. The van der Waals surface area contributed by atoms with Gasteiger partial charge in [0.25, 0.3) is 11.5 Å². The molecular formula is C26H27FN4O3. The monoisotopic (exact) mass is 462 g/mol. The maximum atomic E-state index is 14.7. The molecule has 4 heterocycles. The second-order valence-electron chi connectivity index (χ2n) is 9.98. The molecule has 0 saturated carbocycles. The zero-order chi connectivity index (χ0) is 24.5. The number of nitrogens with one attached hydrogen (secondary N) is 1. The van der Waals surface area contributed by atoms with E-state index in [2.05, 4.69) is 4.98 Å². The van der Waals surface area contributed by atoms with E-state index in [1.165, 1.54) is 21.6 Å². The third kappa shape index (κ3) is 3.32. The number of carbonyl (C=O) groups excluding carboxylic acids is 1. The van der Waals surface area contributed by atoms with Crippen LogP contribution in [0.1, 0.15) is 42.4 Å². The maximum Gasteiger partial charge on any atom is 0.275 e. The van der Waals surface area contributed by atoms with Gasteiger partial charge in [-0.1, -0.05) is 0 Å². The van der Waals surface area contributed by atoms with Crippen LogP contribution < -0.4 is 15.2 Å². The van der Waals surface area contributed by atoms with Crippen molar-refractivity contribution in [3.05, 3.63) is 75.4 Å². The van der Waals surface area contributed by atoms with E-state index in [9.17, 15) is 14.0 Å². The molecule has 176 valence electrons. The van der Waals surface area contributed by atoms with Gasteiger partial charge in [-0.2, -0.15) is 0 Å². The number of anilines is 1. The average molecular weight is 463 g/mol. The van der Waals surface area contributed by atoms with Gasteiger partial charge >= 0.3 is 0 Å². The fraction of sp³-hybridized carbons (Fsp3) is 0.308. The van der Waals surface area contributed by atoms with Crippen molar-refractivity contribution in [3.8, 4) is 5.75 Å². The van der Waals surface area contributed by atoms with Crippen molar-refractivity contribution >= 4 is 28.1 Å². The van der Waals surface area contributed by atoms with E-state index in [1.54, 1.807) is 26.2 Å². The fourth-order valence-electron chi connectivity index (χ4n) is 4.68. The van der Waals surface area contributed by atoms with Crippen molar-refractivity contribution < 1.29 is 13.9 Å². The summed E-state index contributed by atoms with van der Waals surface area (Å²) < 4.78 is 22.7. The lowest BCUT2D eigenvalue weighted by Gasteiger charge is -2.37. The van der Waals surface area contributed by atoms with Gasteiger partial charge in [0.05, 0.1) is 12.2 Å². The van der Waals surface area contributed by atoms with E-state index in [0.29, 0.717) is 40.2 Å². The van der Waals surface area contributed by atoms with Gasteiger partial charge in [-0.15, -0.1) is 0 Å². The molecular weight excluding hydrogens is 435 g/mol. The highest BCUT2D eigenvalue weighted by atomic mass is 19.1. The molecule has 0 aliphatic carbocycles. The Labute approximate surface area is 196 Å². The topological polar surface area (TPSA) is 70.6 Å². The van der Waals surface area contributed by atoms with Crippen LogP contribution in [0, 0.1) is 12.7 Å². The fourth-order valence-corrected chi connectivity index (χ4v) is 4.68. The molecule has 34 heavy (non-hydrogen) atoms. The minimum absolute atomic E-state index is 0.237. The highest BCUT2D eigenvalue weighted by Crippen LogP contribution is 2.41. The maximum absolute atomic E-state index is 14.7. The van der Waals surface area contributed by atoms with Crippen molar-refractivity contribution in [1.82, 2.24) is 14.5 Å². The lowest BCUT2D eigenvalue weighted by atomic mass is 10.0. The Bertz CT molecular complexity index is 1490. The van der Waals surface area contributed by atoms with Crippen LogP contribution in [0.3, 0.4) is 0 Å². The van der Waals surface area contributed by atoms with Crippen molar-refractivity contribution in [2.75, 3.05) is 18.5 Å². The van der Waals surface area contributed by atoms with Crippen LogP contribution in [0.2, 0.25) is 0 Å². The smallest absolute Gasteiger partial charge is 0.275 e. The minimum Gasteiger partial charge on any atom is -0.457 e. The van der Waals surface area contributed by atoms with Crippen molar-refractivity contribution in [2.45, 2.75) is 33.2 Å². The zero-order valence-electron chi connectivity index (χ0n) is 20.1. The van der Waals surface area contributed by atoms with Gasteiger partial charge in [0.15, 0.2) is 5.75 Å². The second-order valence-corrected chi connectivity index (χ2v) is 9.98. The normalized spacial score (nSPS) is 16.0. The van der Waals surface area contributed by atoms with E-state index < -0.39 is 11.4 Å². The van der Waals surface area contributed by atoms with Gasteiger partial charge in [-0.25, -0.2) is 4.39 Å². The van der Waals surface area contributed by atoms with Gasteiger partial charge < -0.3 is 19.2 Å². The van der Waals surface area contributed by atoms with Crippen LogP contribution in [-0.2, 0) is 7.05 Å². The summed E-state index contributed by atoms with van der Waals surface area (Å²) in [6, 6.07) is 4.45. The van der Waals surface area contributed by atoms with Crippen LogP contribution >= 0.6 is 0 Å². The number of allylic oxidation sites excluding steroid dienone is 2. The summed E-state index contributed by atoms with van der Waals surface area (Å²) in [6.07, 6.45) is 5.64. The van der Waals surface area contributed by atoms with Gasteiger partial charge in [0.1, 0.15) is 22.8 Å². The average Bonchev–Trinajstić information content (AvgIpc) is 3.17. The van der Waals surface area contributed by atoms with E-state index >= 15 is 0 Å². The molecule has 7 nitrogen and oxygen atoms in total. The Morgan fingerprint density at radius 1 is 1.12 bits per heavy atom. The standard InChI is InChI=1S/C26H27FN4O3/c1-14-9-15(27)10-20-23(14)34-21-13-29(5)8-7-16(21)18-12-30(6)25(33)22-17(18)11-19(28-22)24(32)31(20)26(2,3)4/h7-12,28H,13H2,1-6H3. The lowest BCUT2D eigenvalue weighted by Crippen LogP contribution is -2.46. The van der Waals surface area contributed by atoms with Crippen LogP contribution in [0.4, 0.5) is 10.1 Å². The van der Waals surface area contributed by atoms with Crippen LogP contribution in [0.5, 0.6) is 5.75 Å². The first-order valence-electron chi connectivity index (χ1n) is 11.1. The van der Waals surface area contributed by atoms with E-state index in [1.807, 2.05) is 45.0 Å². The summed E-state index contributed by atoms with van der Waals surface area (Å²) >= 11 is 0. The number of halogens is 1. The molecule has 1 aromatic carbocycles. The molecule has 2 aromatic heterocycles. The SMILES string of the molecule is Cc1cc(F)cc2c1OC1=C(C=CN(C)C1)c1cn(C)c(=O)c3[nH]c(cc13)C(=O)N2C(C)(C)C. The van der Waals surface area contributed by atoms with E-state index in [-0.39, 0.29) is 17.2 Å². The number of rotatable bonds is 0. The van der Waals surface area contributed by atoms with Gasteiger partial charge in [0, 0.05) is 48.4 Å². The minimum atomic E-state index is -0.713. The molecule has 1 amide bonds. The number of hydrogen-bond donors (Lipinski definition) is 1. The predicted octanol–water partition coefficient (Wildman–Crippen LogP) is 4.32. The molecule has 5 rings (SSSR count). The largest absolute Gasteiger partial charge is 0.457 e. The van der Waals surface area contributed by atoms with Crippen LogP contribution in [0.15, 0.2) is 47.2 Å². The molecule has 0 atom stereocenters. The first-order valence-corrected chi connectivity index (χ1v) is 11.1. The number of aromatic amines is 1. The third-order valence-electron chi connectivity index (χ3n) is 6.23. The first-order chi connectivity index (χ1) is 16.0. The molecule has 3 aromatic rings. The van der Waals surface area contributed by atoms with Gasteiger partial charge in [0.2, 0.25) is 0 Å². The van der Waals surface area contributed by atoms with Crippen molar-refractivity contribution in [1.29, 1.82) is 0 Å². The van der Waals surface area contributed by atoms with E-state index in [4.69, 9.17) is 4.74 Å². The number of aryl methyl sites for hydroxylation is 2. The number of fused-ring (bicyclic) bond motifs is 3. The lowest BCUT2D eigenvalue weighted by molar-refractivity contribution is 0.0961. The molecule has 2 aliphatic rings. The molecule has 2 aliphatic heterocycles. The Hall–Kier alpha value is -3.81. The Morgan fingerprint density at radius 2 is 1.85 bits per heavy atom. The summed E-state index contributed by atoms with van der Waals surface area (Å²) in [5.74, 6) is 0.234. The Morgan fingerprint density at radius 3 is 2.56 bits per heavy atom. The molecule has 0 saturated heterocycles. The number of hydrogen-bond acceptors (Lipinski definition) is 4. The number of pyridine rings is 1. The molecule has 2 bridgehead atoms. The molecule has 0 fully saturated rings. The number of carbonyl (C=O) groups is 1. The molecule has 8 heteroatoms. The third-order valence-corrected chi connectivity index (χ3v) is 6.23. The predicted molar refractivity (Wildman–Crippen MR) is 131 cm³/mol. The Kier molecular flexibility index (Phi) is 4.76. The van der Waals surface area contributed by atoms with Crippen LogP contribution in [-0.4, -0.2) is 39.5 Å². The summed E-state index contributed by atoms with van der Waals surface area (Å²) in [4.78, 5) is 33.4. The van der Waals surface area contributed by atoms with Gasteiger partial charge in [-0.3, -0.25) is 14.5 Å². The van der Waals surface area contributed by atoms with Crippen LogP contribution in [0.25, 0.3) is 16.5 Å². The molecule has 0 unspecified atom stereocenters. The number of likely N-dealkylation sites (N-methyl/N-ethyl adjacent to an activating group) is 1. The zero-order valence-corrected chi connectivity index (χ0v) is 20.1. The summed E-state index contributed by atoms with van der Waals surface area (Å²) in [7, 11) is 3.62. The molecule has 0 radical (unpaired) electrons. The number of nitrogens with zero attached hydrogens (tertiary/aromatic N) is 3. The van der Waals surface area contributed by atoms with Gasteiger partial charge in [-0.05, 0) is 57.7 Å². The number of ether oxygens (including phenoxy) is 1. The quantitative estimate of drug-likeness (QED) is 0.540. The summed E-state index contributed by atoms with van der Waals surface area (Å²) in [5.41, 5.74) is 2.14. The Balaban J connectivity index is 1.94. The summed E-state index contributed by atoms with van der Waals surface area (Å²) in [5, 5.41) is 0.638. The van der Waals surface area contributed by atoms with Crippen molar-refractivity contribution in [2.24, 2.45) is 7.05 Å². The highest BCUT2D eigenvalue weighted by Gasteiger charge is 2.35.